The van der Waals surface area contributed by atoms with E-state index in [4.69, 9.17) is 17.7 Å². The third-order valence-electron chi connectivity index (χ3n) is 4.84. The SMILES string of the molecule is O=c1oc(=O)oc2c3cccc4c5oc(=O)oc(=O)oc5c5cccc(c2o1)c5c34. The molecule has 6 rings (SSSR count). The molecule has 0 aliphatic heterocycles. The fourth-order valence-electron chi connectivity index (χ4n) is 3.85. The molecule has 2 heterocycles. The van der Waals surface area contributed by atoms with Crippen LogP contribution >= 0.6 is 0 Å². The molecule has 0 amide bonds. The van der Waals surface area contributed by atoms with E-state index in [9.17, 15) is 19.2 Å². The molecule has 146 valence electrons. The highest BCUT2D eigenvalue weighted by Gasteiger charge is 2.22. The van der Waals surface area contributed by atoms with E-state index in [1.54, 1.807) is 36.4 Å². The van der Waals surface area contributed by atoms with Crippen molar-refractivity contribution in [1.82, 2.24) is 0 Å². The molecule has 4 aromatic carbocycles. The van der Waals surface area contributed by atoms with Gasteiger partial charge in [0.15, 0.2) is 22.3 Å². The first kappa shape index (κ1) is 16.4. The number of rotatable bonds is 0. The molecular formula is C20H6O10. The molecule has 0 bridgehead atoms. The van der Waals surface area contributed by atoms with Gasteiger partial charge >= 0.3 is 23.3 Å². The van der Waals surface area contributed by atoms with Gasteiger partial charge in [0.25, 0.3) is 0 Å². The molecule has 0 radical (unpaired) electrons. The standard InChI is InChI=1S/C20H6O10/c21-17-25-13-7-3-1-4-8-11(7)12-9(15(13)27-19(23)29-17)5-2-6-10(12)16-14(8)26-18(22)30-20(24)28-16/h1-6H. The van der Waals surface area contributed by atoms with Crippen molar-refractivity contribution in [2.75, 3.05) is 0 Å². The van der Waals surface area contributed by atoms with Crippen LogP contribution in [0, 0.1) is 0 Å². The van der Waals surface area contributed by atoms with Crippen LogP contribution in [0.1, 0.15) is 0 Å². The van der Waals surface area contributed by atoms with Crippen molar-refractivity contribution in [3.63, 3.8) is 0 Å². The van der Waals surface area contributed by atoms with E-state index in [1.807, 2.05) is 0 Å². The van der Waals surface area contributed by atoms with Crippen LogP contribution in [0.2, 0.25) is 0 Å². The average Bonchev–Trinajstić information content (AvgIpc) is 2.96. The molecule has 10 heteroatoms. The van der Waals surface area contributed by atoms with Gasteiger partial charge in [0.2, 0.25) is 0 Å². The first-order valence-corrected chi connectivity index (χ1v) is 8.50. The Morgan fingerprint density at radius 1 is 0.400 bits per heavy atom. The molecule has 30 heavy (non-hydrogen) atoms. The van der Waals surface area contributed by atoms with Gasteiger partial charge in [0.1, 0.15) is 0 Å². The van der Waals surface area contributed by atoms with Crippen molar-refractivity contribution in [1.29, 1.82) is 0 Å². The number of hydrogen-bond acceptors (Lipinski definition) is 10. The van der Waals surface area contributed by atoms with E-state index in [0.29, 0.717) is 32.3 Å². The van der Waals surface area contributed by atoms with E-state index in [-0.39, 0.29) is 22.3 Å². The molecule has 0 atom stereocenters. The Morgan fingerprint density at radius 2 is 0.667 bits per heavy atom. The summed E-state index contributed by atoms with van der Waals surface area (Å²) in [4.78, 5) is 47.4. The molecule has 0 saturated carbocycles. The third-order valence-corrected chi connectivity index (χ3v) is 4.84. The fraction of sp³-hybridized carbons (Fsp3) is 0. The summed E-state index contributed by atoms with van der Waals surface area (Å²) >= 11 is 0. The molecule has 0 aliphatic carbocycles. The highest BCUT2D eigenvalue weighted by atomic mass is 16.6. The first-order valence-electron chi connectivity index (χ1n) is 8.50. The molecule has 0 spiro atoms. The van der Waals surface area contributed by atoms with Gasteiger partial charge in [-0.25, -0.2) is 19.2 Å². The van der Waals surface area contributed by atoms with Crippen LogP contribution in [0.3, 0.4) is 0 Å². The van der Waals surface area contributed by atoms with Crippen LogP contribution in [0.15, 0.2) is 82.1 Å². The normalized spacial score (nSPS) is 11.9. The lowest BCUT2D eigenvalue weighted by Crippen LogP contribution is -2.01. The molecule has 6 aromatic rings. The van der Waals surface area contributed by atoms with Crippen molar-refractivity contribution in [2.24, 2.45) is 0 Å². The van der Waals surface area contributed by atoms with E-state index < -0.39 is 23.3 Å². The van der Waals surface area contributed by atoms with Crippen molar-refractivity contribution < 1.29 is 26.5 Å². The summed E-state index contributed by atoms with van der Waals surface area (Å²) in [7, 11) is 0. The summed E-state index contributed by atoms with van der Waals surface area (Å²) in [6, 6.07) is 9.73. The summed E-state index contributed by atoms with van der Waals surface area (Å²) in [5.74, 6) is -5.00. The minimum absolute atomic E-state index is 0.0374. The Hall–Kier alpha value is -4.60. The second-order valence-electron chi connectivity index (χ2n) is 6.39. The molecule has 0 unspecified atom stereocenters. The van der Waals surface area contributed by atoms with Crippen LogP contribution in [0.25, 0.3) is 54.6 Å². The average molecular weight is 406 g/mol. The van der Waals surface area contributed by atoms with Crippen LogP contribution in [-0.2, 0) is 0 Å². The highest BCUT2D eigenvalue weighted by Crippen LogP contribution is 2.43. The minimum atomic E-state index is -1.25. The van der Waals surface area contributed by atoms with Crippen molar-refractivity contribution in [3.05, 3.63) is 78.9 Å². The van der Waals surface area contributed by atoms with Gasteiger partial charge in [-0.2, -0.15) is 0 Å². The van der Waals surface area contributed by atoms with Gasteiger partial charge in [0, 0.05) is 32.3 Å². The summed E-state index contributed by atoms with van der Waals surface area (Å²) in [6.45, 7) is 0. The van der Waals surface area contributed by atoms with Gasteiger partial charge < -0.3 is 26.5 Å². The van der Waals surface area contributed by atoms with Crippen molar-refractivity contribution >= 4 is 54.6 Å². The minimum Gasteiger partial charge on any atom is -0.390 e. The topological polar surface area (TPSA) is 147 Å². The second-order valence-corrected chi connectivity index (χ2v) is 6.39. The zero-order valence-electron chi connectivity index (χ0n) is 14.5. The molecule has 10 nitrogen and oxygen atoms in total. The van der Waals surface area contributed by atoms with Gasteiger partial charge in [0.05, 0.1) is 0 Å². The van der Waals surface area contributed by atoms with Gasteiger partial charge in [-0.3, -0.25) is 0 Å². The molecule has 0 N–H and O–H groups in total. The fourth-order valence-corrected chi connectivity index (χ4v) is 3.85. The van der Waals surface area contributed by atoms with E-state index in [0.717, 1.165) is 0 Å². The van der Waals surface area contributed by atoms with Crippen molar-refractivity contribution in [3.8, 4) is 0 Å². The lowest BCUT2D eigenvalue weighted by atomic mass is 9.93. The van der Waals surface area contributed by atoms with Crippen LogP contribution in [0.4, 0.5) is 0 Å². The van der Waals surface area contributed by atoms with Crippen LogP contribution in [0.5, 0.6) is 0 Å². The number of fused-ring (bicyclic) bond motifs is 6. The highest BCUT2D eigenvalue weighted by molar-refractivity contribution is 6.36. The smallest absolute Gasteiger partial charge is 0.390 e. The summed E-state index contributed by atoms with van der Waals surface area (Å²) in [6.07, 6.45) is 0. The number of hydrogen-bond donors (Lipinski definition) is 0. The van der Waals surface area contributed by atoms with Crippen LogP contribution in [-0.4, -0.2) is 0 Å². The molecule has 0 saturated heterocycles. The van der Waals surface area contributed by atoms with Gasteiger partial charge in [-0.05, 0) is 0 Å². The quantitative estimate of drug-likeness (QED) is 0.345. The number of benzene rings is 4. The Labute approximate surface area is 160 Å². The second kappa shape index (κ2) is 5.47. The monoisotopic (exact) mass is 406 g/mol. The van der Waals surface area contributed by atoms with Gasteiger partial charge in [-0.1, -0.05) is 36.4 Å². The predicted molar refractivity (Wildman–Crippen MR) is 101 cm³/mol. The Bertz CT molecular complexity index is 1660. The lowest BCUT2D eigenvalue weighted by molar-refractivity contribution is 0.281. The maximum Gasteiger partial charge on any atom is 0.524 e. The van der Waals surface area contributed by atoms with E-state index in [1.165, 1.54) is 0 Å². The summed E-state index contributed by atoms with van der Waals surface area (Å²) in [5.41, 5.74) is -0.150. The van der Waals surface area contributed by atoms with Gasteiger partial charge in [-0.15, -0.1) is 0 Å². The Balaban J connectivity index is 2.15. The zero-order chi connectivity index (χ0) is 20.6. The Kier molecular flexibility index (Phi) is 2.99. The maximum atomic E-state index is 11.9. The maximum absolute atomic E-state index is 11.9. The lowest BCUT2D eigenvalue weighted by Gasteiger charge is -2.11. The van der Waals surface area contributed by atoms with Crippen LogP contribution < -0.4 is 23.3 Å². The predicted octanol–water partition coefficient (Wildman–Crippen LogP) is 3.01. The molecular weight excluding hydrogens is 400 g/mol. The first-order chi connectivity index (χ1) is 14.5. The molecule has 0 fully saturated rings. The zero-order valence-corrected chi connectivity index (χ0v) is 14.5. The van der Waals surface area contributed by atoms with E-state index >= 15 is 0 Å². The van der Waals surface area contributed by atoms with Crippen molar-refractivity contribution in [2.45, 2.75) is 0 Å². The Morgan fingerprint density at radius 3 is 0.933 bits per heavy atom. The summed E-state index contributed by atoms with van der Waals surface area (Å²) < 4.78 is 29.7. The summed E-state index contributed by atoms with van der Waals surface area (Å²) in [5, 5.41) is 2.58. The largest absolute Gasteiger partial charge is 0.524 e. The third kappa shape index (κ3) is 2.07. The molecule has 0 aliphatic rings. The molecule has 2 aromatic heterocycles. The van der Waals surface area contributed by atoms with E-state index in [2.05, 4.69) is 8.83 Å².